The summed E-state index contributed by atoms with van der Waals surface area (Å²) in [6.07, 6.45) is 2.91. The van der Waals surface area contributed by atoms with Crippen molar-refractivity contribution in [1.29, 1.82) is 0 Å². The van der Waals surface area contributed by atoms with Crippen LogP contribution in [0.5, 0.6) is 0 Å². The molecule has 2 unspecified atom stereocenters. The smallest absolute Gasteiger partial charge is 0.410 e. The van der Waals surface area contributed by atoms with Crippen molar-refractivity contribution < 1.29 is 14.3 Å². The van der Waals surface area contributed by atoms with Gasteiger partial charge in [0.05, 0.1) is 6.54 Å². The van der Waals surface area contributed by atoms with Gasteiger partial charge in [0.25, 0.3) is 0 Å². The molecule has 84 valence electrons. The van der Waals surface area contributed by atoms with Crippen LogP contribution >= 0.6 is 0 Å². The molecular formula is C11H17NO3. The van der Waals surface area contributed by atoms with Gasteiger partial charge in [0.2, 0.25) is 0 Å². The largest absolute Gasteiger partial charge is 0.448 e. The van der Waals surface area contributed by atoms with Crippen LogP contribution in [0, 0.1) is 5.92 Å². The van der Waals surface area contributed by atoms with E-state index in [0.29, 0.717) is 31.9 Å². The molecule has 1 heterocycles. The van der Waals surface area contributed by atoms with Gasteiger partial charge in [0.1, 0.15) is 12.4 Å². The maximum Gasteiger partial charge on any atom is 0.410 e. The fourth-order valence-corrected chi connectivity index (χ4v) is 2.59. The highest BCUT2D eigenvalue weighted by molar-refractivity contribution is 5.81. The molecule has 4 heteroatoms. The van der Waals surface area contributed by atoms with Crippen molar-refractivity contribution in [2.24, 2.45) is 5.92 Å². The van der Waals surface area contributed by atoms with Crippen LogP contribution in [0.4, 0.5) is 4.79 Å². The van der Waals surface area contributed by atoms with E-state index in [4.69, 9.17) is 4.74 Å². The van der Waals surface area contributed by atoms with Crippen molar-refractivity contribution in [1.82, 2.24) is 4.90 Å². The zero-order valence-corrected chi connectivity index (χ0v) is 9.07. The molecule has 0 bridgehead atoms. The summed E-state index contributed by atoms with van der Waals surface area (Å²) in [5, 5.41) is 0. The Balaban J connectivity index is 2.09. The van der Waals surface area contributed by atoms with Crippen LogP contribution < -0.4 is 0 Å². The molecule has 0 aromatic carbocycles. The van der Waals surface area contributed by atoms with Crippen LogP contribution in [-0.4, -0.2) is 36.0 Å². The lowest BCUT2D eigenvalue weighted by Gasteiger charge is -2.35. The molecule has 2 atom stereocenters. The molecule has 0 aromatic rings. The highest BCUT2D eigenvalue weighted by atomic mass is 16.6. The first kappa shape index (κ1) is 10.5. The molecule has 2 rings (SSSR count). The summed E-state index contributed by atoms with van der Waals surface area (Å²) in [6.45, 7) is 3.24. The van der Waals surface area contributed by atoms with E-state index in [2.05, 4.69) is 6.92 Å². The van der Waals surface area contributed by atoms with Crippen molar-refractivity contribution in [2.45, 2.75) is 38.6 Å². The van der Waals surface area contributed by atoms with E-state index in [9.17, 15) is 9.59 Å². The lowest BCUT2D eigenvalue weighted by Crippen LogP contribution is -2.45. The predicted octanol–water partition coefficient (Wildman–Crippen LogP) is 1.59. The monoisotopic (exact) mass is 211 g/mol. The van der Waals surface area contributed by atoms with Gasteiger partial charge < -0.3 is 9.64 Å². The number of ether oxygens (including phenoxy) is 1. The third-order valence-electron chi connectivity index (χ3n) is 3.49. The SMILES string of the molecule is CCC1CCC(=O)CC1N1CCOC1=O. The van der Waals surface area contributed by atoms with E-state index in [1.807, 2.05) is 0 Å². The number of hydrogen-bond acceptors (Lipinski definition) is 3. The number of carbonyl (C=O) groups is 2. The number of amides is 1. The number of carbonyl (C=O) groups excluding carboxylic acids is 2. The topological polar surface area (TPSA) is 46.6 Å². The van der Waals surface area contributed by atoms with E-state index in [0.717, 1.165) is 12.8 Å². The Hall–Kier alpha value is -1.06. The van der Waals surface area contributed by atoms with Crippen LogP contribution in [0.2, 0.25) is 0 Å². The molecule has 15 heavy (non-hydrogen) atoms. The summed E-state index contributed by atoms with van der Waals surface area (Å²) in [7, 11) is 0. The maximum absolute atomic E-state index is 11.4. The first-order valence-corrected chi connectivity index (χ1v) is 5.67. The van der Waals surface area contributed by atoms with Gasteiger partial charge in [-0.05, 0) is 12.3 Å². The third-order valence-corrected chi connectivity index (χ3v) is 3.49. The fraction of sp³-hybridized carbons (Fsp3) is 0.818. The lowest BCUT2D eigenvalue weighted by molar-refractivity contribution is -0.122. The molecule has 1 aliphatic heterocycles. The fourth-order valence-electron chi connectivity index (χ4n) is 2.59. The van der Waals surface area contributed by atoms with Crippen molar-refractivity contribution in [3.63, 3.8) is 0 Å². The molecule has 1 saturated carbocycles. The van der Waals surface area contributed by atoms with Crippen LogP contribution in [0.1, 0.15) is 32.6 Å². The predicted molar refractivity (Wildman–Crippen MR) is 54.5 cm³/mol. The number of rotatable bonds is 2. The second-order valence-corrected chi connectivity index (χ2v) is 4.32. The zero-order valence-electron chi connectivity index (χ0n) is 9.07. The summed E-state index contributed by atoms with van der Waals surface area (Å²) in [4.78, 5) is 24.6. The molecule has 0 spiro atoms. The van der Waals surface area contributed by atoms with Gasteiger partial charge in [0, 0.05) is 18.9 Å². The Morgan fingerprint density at radius 1 is 1.47 bits per heavy atom. The molecule has 1 amide bonds. The van der Waals surface area contributed by atoms with Crippen LogP contribution in [0.25, 0.3) is 0 Å². The Bertz CT molecular complexity index is 277. The quantitative estimate of drug-likeness (QED) is 0.696. The van der Waals surface area contributed by atoms with E-state index in [1.165, 1.54) is 0 Å². The number of cyclic esters (lactones) is 1. The standard InChI is InChI=1S/C11H17NO3/c1-2-8-3-4-9(13)7-10(8)12-5-6-15-11(12)14/h8,10H,2-7H2,1H3. The van der Waals surface area contributed by atoms with Gasteiger partial charge >= 0.3 is 6.09 Å². The highest BCUT2D eigenvalue weighted by Gasteiger charge is 2.37. The number of Topliss-reactive ketones (excluding diaryl/α,β-unsaturated/α-hetero) is 1. The van der Waals surface area contributed by atoms with E-state index in [-0.39, 0.29) is 17.9 Å². The van der Waals surface area contributed by atoms with Crippen LogP contribution in [-0.2, 0) is 9.53 Å². The number of ketones is 1. The first-order chi connectivity index (χ1) is 7.22. The third kappa shape index (κ3) is 1.98. The van der Waals surface area contributed by atoms with Crippen molar-refractivity contribution in [3.8, 4) is 0 Å². The van der Waals surface area contributed by atoms with Gasteiger partial charge in [0.15, 0.2) is 0 Å². The van der Waals surface area contributed by atoms with E-state index < -0.39 is 0 Å². The van der Waals surface area contributed by atoms with E-state index in [1.54, 1.807) is 4.90 Å². The van der Waals surface area contributed by atoms with Gasteiger partial charge in [-0.2, -0.15) is 0 Å². The molecule has 1 saturated heterocycles. The highest BCUT2D eigenvalue weighted by Crippen LogP contribution is 2.30. The molecule has 1 aliphatic carbocycles. The van der Waals surface area contributed by atoms with Gasteiger partial charge in [-0.15, -0.1) is 0 Å². The lowest BCUT2D eigenvalue weighted by atomic mass is 9.81. The number of hydrogen-bond donors (Lipinski definition) is 0. The second kappa shape index (κ2) is 4.21. The van der Waals surface area contributed by atoms with Crippen molar-refractivity contribution >= 4 is 11.9 Å². The molecule has 0 aromatic heterocycles. The van der Waals surface area contributed by atoms with Crippen LogP contribution in [0.15, 0.2) is 0 Å². The van der Waals surface area contributed by atoms with Crippen LogP contribution in [0.3, 0.4) is 0 Å². The molecule has 0 N–H and O–H groups in total. The molecular weight excluding hydrogens is 194 g/mol. The minimum Gasteiger partial charge on any atom is -0.448 e. The zero-order chi connectivity index (χ0) is 10.8. The minimum atomic E-state index is -0.242. The van der Waals surface area contributed by atoms with Gasteiger partial charge in [-0.25, -0.2) is 4.79 Å². The minimum absolute atomic E-state index is 0.0891. The Morgan fingerprint density at radius 2 is 2.27 bits per heavy atom. The summed E-state index contributed by atoms with van der Waals surface area (Å²) >= 11 is 0. The molecule has 0 radical (unpaired) electrons. The second-order valence-electron chi connectivity index (χ2n) is 4.32. The van der Waals surface area contributed by atoms with E-state index >= 15 is 0 Å². The molecule has 2 fully saturated rings. The summed E-state index contributed by atoms with van der Waals surface area (Å²) in [5.41, 5.74) is 0. The average molecular weight is 211 g/mol. The first-order valence-electron chi connectivity index (χ1n) is 5.67. The summed E-state index contributed by atoms with van der Waals surface area (Å²) < 4.78 is 4.92. The Kier molecular flexibility index (Phi) is 2.93. The average Bonchev–Trinajstić information content (AvgIpc) is 2.64. The Morgan fingerprint density at radius 3 is 2.87 bits per heavy atom. The molecule has 4 nitrogen and oxygen atoms in total. The normalized spacial score (nSPS) is 31.9. The summed E-state index contributed by atoms with van der Waals surface area (Å²) in [6, 6.07) is 0.0891. The van der Waals surface area contributed by atoms with Gasteiger partial charge in [-0.3, -0.25) is 4.79 Å². The van der Waals surface area contributed by atoms with Crippen molar-refractivity contribution in [3.05, 3.63) is 0 Å². The van der Waals surface area contributed by atoms with Gasteiger partial charge in [-0.1, -0.05) is 13.3 Å². The number of nitrogens with zero attached hydrogens (tertiary/aromatic N) is 1. The maximum atomic E-state index is 11.4. The summed E-state index contributed by atoms with van der Waals surface area (Å²) in [5.74, 6) is 0.748. The Labute approximate surface area is 89.6 Å². The van der Waals surface area contributed by atoms with Crippen molar-refractivity contribution in [2.75, 3.05) is 13.2 Å². The molecule has 2 aliphatic rings.